The average molecular weight is 616 g/mol. The second kappa shape index (κ2) is 23.5. The fraction of sp³-hybridized carbons (Fsp3) is 0.714. The fourth-order valence-electron chi connectivity index (χ4n) is 3.89. The summed E-state index contributed by atoms with van der Waals surface area (Å²) in [5.41, 5.74) is 9.37. The summed E-state index contributed by atoms with van der Waals surface area (Å²) in [7, 11) is 0. The second-order valence-electron chi connectivity index (χ2n) is 10.3. The molecule has 1 aliphatic rings. The maximum absolute atomic E-state index is 13.1. The number of carbonyl (C=O) groups excluding carboxylic acids is 6. The largest absolute Gasteiger partial charge is 0.481 e. The van der Waals surface area contributed by atoms with Crippen LogP contribution in [0.2, 0.25) is 0 Å². The van der Waals surface area contributed by atoms with Crippen molar-refractivity contribution in [3.8, 4) is 0 Å². The van der Waals surface area contributed by atoms with Crippen LogP contribution in [0, 0.1) is 5.92 Å². The minimum atomic E-state index is -1.26. The van der Waals surface area contributed by atoms with Gasteiger partial charge in [0, 0.05) is 32.7 Å². The van der Waals surface area contributed by atoms with Gasteiger partial charge in [-0.05, 0) is 31.6 Å². The highest BCUT2D eigenvalue weighted by atomic mass is 16.4. The summed E-state index contributed by atoms with van der Waals surface area (Å²) in [4.78, 5) is 91.3. The first-order valence-electron chi connectivity index (χ1n) is 14.4. The van der Waals surface area contributed by atoms with Gasteiger partial charge in [-0.3, -0.25) is 33.6 Å². The molecule has 1 heterocycles. The molecule has 15 heteroatoms. The van der Waals surface area contributed by atoms with Gasteiger partial charge in [-0.1, -0.05) is 40.0 Å². The van der Waals surface area contributed by atoms with Gasteiger partial charge in [0.25, 0.3) is 0 Å². The summed E-state index contributed by atoms with van der Waals surface area (Å²) >= 11 is 0. The van der Waals surface area contributed by atoms with E-state index in [2.05, 4.69) is 23.3 Å². The molecule has 1 saturated heterocycles. The van der Waals surface area contributed by atoms with Crippen molar-refractivity contribution >= 4 is 47.8 Å². The molecule has 1 aliphatic heterocycles. The van der Waals surface area contributed by atoms with Crippen molar-refractivity contribution in [1.29, 1.82) is 0 Å². The Morgan fingerprint density at radius 1 is 0.953 bits per heavy atom. The molecule has 0 radical (unpaired) electrons. The number of primary amides is 2. The van der Waals surface area contributed by atoms with Gasteiger partial charge in [0.15, 0.2) is 0 Å². The molecule has 8 N–H and O–H groups in total. The number of aldehydes is 1. The minimum Gasteiger partial charge on any atom is -0.481 e. The third-order valence-electron chi connectivity index (χ3n) is 6.26. The number of likely N-dealkylation sites (tertiary alicyclic amines) is 1. The van der Waals surface area contributed by atoms with Crippen LogP contribution in [-0.2, 0) is 38.4 Å². The highest BCUT2D eigenvalue weighted by Crippen LogP contribution is 2.20. The predicted octanol–water partition coefficient (Wildman–Crippen LogP) is 0.465. The van der Waals surface area contributed by atoms with Crippen molar-refractivity contribution in [3.63, 3.8) is 0 Å². The van der Waals surface area contributed by atoms with E-state index in [9.17, 15) is 38.4 Å². The molecule has 1 rings (SSSR count). The quantitative estimate of drug-likeness (QED) is 0.0973. The van der Waals surface area contributed by atoms with Crippen LogP contribution in [0.25, 0.3) is 0 Å². The van der Waals surface area contributed by atoms with Gasteiger partial charge < -0.3 is 42.0 Å². The van der Waals surface area contributed by atoms with Crippen LogP contribution in [0.5, 0.6) is 0 Å². The lowest BCUT2D eigenvalue weighted by Crippen LogP contribution is -2.55. The van der Waals surface area contributed by atoms with Crippen LogP contribution < -0.4 is 22.1 Å². The zero-order chi connectivity index (χ0) is 33.5. The summed E-state index contributed by atoms with van der Waals surface area (Å²) in [6.07, 6.45) is 4.80. The number of carbonyl (C=O) groups is 8. The average Bonchev–Trinajstić information content (AvgIpc) is 3.40. The molecule has 5 amide bonds. The Bertz CT molecular complexity index is 939. The number of hydrogen-bond donors (Lipinski definition) is 6. The molecule has 43 heavy (non-hydrogen) atoms. The van der Waals surface area contributed by atoms with Gasteiger partial charge in [0.1, 0.15) is 18.4 Å². The molecule has 0 aromatic heterocycles. The van der Waals surface area contributed by atoms with Crippen molar-refractivity contribution in [3.05, 3.63) is 0 Å². The summed E-state index contributed by atoms with van der Waals surface area (Å²) < 4.78 is 0. The van der Waals surface area contributed by atoms with Gasteiger partial charge in [-0.15, -0.1) is 0 Å². The van der Waals surface area contributed by atoms with Crippen molar-refractivity contribution in [2.24, 2.45) is 17.4 Å². The molecule has 0 saturated carbocycles. The molecule has 4 atom stereocenters. The molecule has 0 aliphatic carbocycles. The SMILES string of the molecule is CC(N)=O.CCC(C)CC(=O)NC(CCC(=O)O)C(=O)N1CCCC1C(=O)NC(C=O)CC(=O)O.CCCCCC(N)=O. The van der Waals surface area contributed by atoms with Crippen molar-refractivity contribution in [1.82, 2.24) is 15.5 Å². The number of hydrogen-bond acceptors (Lipinski definition) is 8. The standard InChI is InChI=1S/C20H31N3O8.C6H13NO.C2H5NO/c1-3-12(2)9-16(25)22-14(6-7-17(26)27)20(31)23-8-4-5-15(23)19(30)21-13(11-24)10-18(28)29;1-2-3-4-5-6(7)8;1-2(3)4/h11-15H,3-10H2,1-2H3,(H,21,30)(H,22,25)(H,26,27)(H,28,29);2-5H2,1H3,(H2,7,8);1H3,(H2,3,4). The lowest BCUT2D eigenvalue weighted by Gasteiger charge is -2.29. The van der Waals surface area contributed by atoms with Crippen LogP contribution in [0.3, 0.4) is 0 Å². The van der Waals surface area contributed by atoms with Gasteiger partial charge >= 0.3 is 11.9 Å². The number of nitrogens with one attached hydrogen (secondary N) is 2. The number of nitrogens with two attached hydrogens (primary N) is 2. The third kappa shape index (κ3) is 21.3. The van der Waals surface area contributed by atoms with E-state index in [4.69, 9.17) is 15.9 Å². The Morgan fingerprint density at radius 2 is 1.56 bits per heavy atom. The van der Waals surface area contributed by atoms with E-state index in [1.165, 1.54) is 11.8 Å². The van der Waals surface area contributed by atoms with E-state index in [1.807, 2.05) is 13.8 Å². The zero-order valence-corrected chi connectivity index (χ0v) is 25.6. The number of carboxylic acids is 2. The molecule has 0 aromatic carbocycles. The van der Waals surface area contributed by atoms with Crippen molar-refractivity contribution in [2.45, 2.75) is 116 Å². The Morgan fingerprint density at radius 3 is 2.02 bits per heavy atom. The van der Waals surface area contributed by atoms with E-state index in [-0.39, 0.29) is 49.4 Å². The predicted molar refractivity (Wildman–Crippen MR) is 156 cm³/mol. The summed E-state index contributed by atoms with van der Waals surface area (Å²) in [5, 5.41) is 22.7. The first-order valence-corrected chi connectivity index (χ1v) is 14.4. The van der Waals surface area contributed by atoms with Crippen LogP contribution in [-0.4, -0.2) is 87.5 Å². The number of nitrogens with zero attached hydrogens (tertiary/aromatic N) is 1. The minimum absolute atomic E-state index is 0.0926. The van der Waals surface area contributed by atoms with E-state index in [1.54, 1.807) is 0 Å². The lowest BCUT2D eigenvalue weighted by atomic mass is 10.0. The molecule has 0 bridgehead atoms. The second-order valence-corrected chi connectivity index (χ2v) is 10.3. The number of rotatable bonds is 17. The monoisotopic (exact) mass is 615 g/mol. The van der Waals surface area contributed by atoms with E-state index in [0.29, 0.717) is 25.5 Å². The molecule has 4 unspecified atom stereocenters. The van der Waals surface area contributed by atoms with Crippen molar-refractivity contribution < 1.29 is 48.6 Å². The summed E-state index contributed by atoms with van der Waals surface area (Å²) in [5.74, 6) is -4.40. The van der Waals surface area contributed by atoms with Crippen LogP contribution in [0.4, 0.5) is 0 Å². The highest BCUT2D eigenvalue weighted by molar-refractivity contribution is 5.93. The normalized spacial score (nSPS) is 15.6. The molecule has 0 aromatic rings. The Labute approximate surface area is 252 Å². The van der Waals surface area contributed by atoms with E-state index < -0.39 is 48.3 Å². The molecule has 246 valence electrons. The highest BCUT2D eigenvalue weighted by Gasteiger charge is 2.38. The van der Waals surface area contributed by atoms with E-state index in [0.717, 1.165) is 25.7 Å². The van der Waals surface area contributed by atoms with Crippen molar-refractivity contribution in [2.75, 3.05) is 6.54 Å². The molecular weight excluding hydrogens is 566 g/mol. The maximum atomic E-state index is 13.1. The summed E-state index contributed by atoms with van der Waals surface area (Å²) in [6.45, 7) is 7.44. The lowest BCUT2D eigenvalue weighted by molar-refractivity contribution is -0.144. The van der Waals surface area contributed by atoms with Crippen LogP contribution in [0.1, 0.15) is 98.3 Å². The smallest absolute Gasteiger partial charge is 0.305 e. The Hall–Kier alpha value is -4.04. The Kier molecular flexibility index (Phi) is 22.5. The van der Waals surface area contributed by atoms with Crippen LogP contribution in [0.15, 0.2) is 0 Å². The Balaban J connectivity index is 0. The van der Waals surface area contributed by atoms with Gasteiger partial charge in [0.05, 0.1) is 12.5 Å². The molecule has 15 nitrogen and oxygen atoms in total. The number of unbranched alkanes of at least 4 members (excludes halogenated alkanes) is 2. The first kappa shape index (κ1) is 41.1. The number of amides is 5. The number of carboxylic acid groups (broad SMARTS) is 2. The third-order valence-corrected chi connectivity index (χ3v) is 6.26. The molecule has 0 spiro atoms. The van der Waals surface area contributed by atoms with Gasteiger partial charge in [-0.2, -0.15) is 0 Å². The first-order chi connectivity index (χ1) is 20.1. The molecular formula is C28H49N5O10. The van der Waals surface area contributed by atoms with E-state index >= 15 is 0 Å². The van der Waals surface area contributed by atoms with Gasteiger partial charge in [-0.25, -0.2) is 0 Å². The fourth-order valence-corrected chi connectivity index (χ4v) is 3.89. The topological polar surface area (TPSA) is 256 Å². The van der Waals surface area contributed by atoms with Gasteiger partial charge in [0.2, 0.25) is 29.5 Å². The summed E-state index contributed by atoms with van der Waals surface area (Å²) in [6, 6.07) is -3.25. The van der Waals surface area contributed by atoms with Crippen LogP contribution >= 0.6 is 0 Å². The zero-order valence-electron chi connectivity index (χ0n) is 25.6. The molecule has 1 fully saturated rings. The maximum Gasteiger partial charge on any atom is 0.305 e. The number of aliphatic carboxylic acids is 2.